The molecule has 0 aliphatic heterocycles. The molecule has 3 rings (SSSR count). The van der Waals surface area contributed by atoms with Gasteiger partial charge in [0.15, 0.2) is 5.82 Å². The fourth-order valence-corrected chi connectivity index (χ4v) is 2.27. The van der Waals surface area contributed by atoms with Crippen LogP contribution in [-0.2, 0) is 0 Å². The number of H-pyrrole nitrogens is 1. The van der Waals surface area contributed by atoms with Crippen molar-refractivity contribution in [3.05, 3.63) is 58.8 Å². The van der Waals surface area contributed by atoms with Crippen molar-refractivity contribution in [1.82, 2.24) is 9.97 Å². The van der Waals surface area contributed by atoms with E-state index in [4.69, 9.17) is 0 Å². The molecule has 0 aliphatic carbocycles. The zero-order valence-corrected chi connectivity index (χ0v) is 12.4. The zero-order chi connectivity index (χ0) is 14.7. The summed E-state index contributed by atoms with van der Waals surface area (Å²) in [5, 5.41) is 13.4. The summed E-state index contributed by atoms with van der Waals surface area (Å²) in [5.74, 6) is 0.446. The van der Waals surface area contributed by atoms with Gasteiger partial charge in [-0.2, -0.15) is 10.4 Å². The van der Waals surface area contributed by atoms with Gasteiger partial charge in [-0.1, -0.05) is 34.1 Å². The molecule has 5 nitrogen and oxygen atoms in total. The number of fused-ring (bicyclic) bond motifs is 1. The molecule has 6 heteroatoms. The number of imidazole rings is 1. The Labute approximate surface area is 129 Å². The third kappa shape index (κ3) is 2.93. The van der Waals surface area contributed by atoms with Crippen molar-refractivity contribution in [3.8, 4) is 6.07 Å². The fourth-order valence-electron chi connectivity index (χ4n) is 1.87. The standard InChI is InChI=1S/C15H10BrN5/c16-10-4-3-5-11(8-10)20-21-14(9-17)15-18-12-6-1-2-7-13(12)19-15/h1-8,20H,(H,18,19). The van der Waals surface area contributed by atoms with Crippen LogP contribution in [0.15, 0.2) is 58.1 Å². The first-order valence-electron chi connectivity index (χ1n) is 6.21. The Kier molecular flexibility index (Phi) is 3.67. The molecule has 2 N–H and O–H groups in total. The van der Waals surface area contributed by atoms with Gasteiger partial charge in [0.1, 0.15) is 6.07 Å². The van der Waals surface area contributed by atoms with Crippen molar-refractivity contribution < 1.29 is 0 Å². The lowest BCUT2D eigenvalue weighted by Gasteiger charge is -2.00. The second-order valence-corrected chi connectivity index (χ2v) is 5.21. The third-order valence-electron chi connectivity index (χ3n) is 2.84. The van der Waals surface area contributed by atoms with Crippen LogP contribution in [0.3, 0.4) is 0 Å². The van der Waals surface area contributed by atoms with Gasteiger partial charge in [0.2, 0.25) is 5.71 Å². The summed E-state index contributed by atoms with van der Waals surface area (Å²) in [6, 6.07) is 17.2. The van der Waals surface area contributed by atoms with E-state index in [0.717, 1.165) is 21.2 Å². The zero-order valence-electron chi connectivity index (χ0n) is 10.8. The number of nitriles is 1. The topological polar surface area (TPSA) is 76.9 Å². The van der Waals surface area contributed by atoms with Gasteiger partial charge in [0, 0.05) is 4.47 Å². The average molecular weight is 340 g/mol. The Balaban J connectivity index is 1.91. The van der Waals surface area contributed by atoms with E-state index in [9.17, 15) is 5.26 Å². The molecule has 2 aromatic carbocycles. The van der Waals surface area contributed by atoms with Gasteiger partial charge in [0.05, 0.1) is 16.7 Å². The monoisotopic (exact) mass is 339 g/mol. The minimum atomic E-state index is 0.200. The Bertz CT molecular complexity index is 827. The summed E-state index contributed by atoms with van der Waals surface area (Å²) in [4.78, 5) is 7.44. The molecular weight excluding hydrogens is 330 g/mol. The maximum absolute atomic E-state index is 9.25. The van der Waals surface area contributed by atoms with E-state index in [1.54, 1.807) is 0 Å². The van der Waals surface area contributed by atoms with Crippen molar-refractivity contribution in [3.63, 3.8) is 0 Å². The molecule has 1 heterocycles. The van der Waals surface area contributed by atoms with Crippen molar-refractivity contribution in [1.29, 1.82) is 5.26 Å². The number of nitrogens with zero attached hydrogens (tertiary/aromatic N) is 3. The molecule has 0 saturated heterocycles. The van der Waals surface area contributed by atoms with Gasteiger partial charge in [0.25, 0.3) is 0 Å². The van der Waals surface area contributed by atoms with Gasteiger partial charge in [-0.3, -0.25) is 5.43 Å². The van der Waals surface area contributed by atoms with E-state index in [-0.39, 0.29) is 5.71 Å². The molecule has 0 saturated carbocycles. The first-order valence-corrected chi connectivity index (χ1v) is 7.00. The SMILES string of the molecule is N#CC(=NNc1cccc(Br)c1)c1nc2ccccc2[nH]1. The van der Waals surface area contributed by atoms with Gasteiger partial charge in [-0.05, 0) is 30.3 Å². The highest BCUT2D eigenvalue weighted by atomic mass is 79.9. The van der Waals surface area contributed by atoms with Crippen LogP contribution in [0.5, 0.6) is 0 Å². The lowest BCUT2D eigenvalue weighted by molar-refractivity contribution is 1.25. The van der Waals surface area contributed by atoms with Crippen molar-refractivity contribution in [2.45, 2.75) is 0 Å². The Morgan fingerprint density at radius 1 is 1.24 bits per heavy atom. The second-order valence-electron chi connectivity index (χ2n) is 4.30. The van der Waals surface area contributed by atoms with Gasteiger partial charge in [-0.25, -0.2) is 4.98 Å². The molecule has 102 valence electrons. The van der Waals surface area contributed by atoms with Gasteiger partial charge >= 0.3 is 0 Å². The molecule has 0 radical (unpaired) electrons. The number of nitrogens with one attached hydrogen (secondary N) is 2. The van der Waals surface area contributed by atoms with E-state index < -0.39 is 0 Å². The van der Waals surface area contributed by atoms with E-state index >= 15 is 0 Å². The van der Waals surface area contributed by atoms with Gasteiger partial charge in [-0.15, -0.1) is 0 Å². The van der Waals surface area contributed by atoms with Crippen LogP contribution in [0, 0.1) is 11.3 Å². The quantitative estimate of drug-likeness (QED) is 0.564. The normalized spacial score (nSPS) is 11.3. The number of aromatic amines is 1. The summed E-state index contributed by atoms with van der Waals surface area (Å²) in [6.07, 6.45) is 0. The fraction of sp³-hybridized carbons (Fsp3) is 0. The summed E-state index contributed by atoms with van der Waals surface area (Å²) in [6.45, 7) is 0. The van der Waals surface area contributed by atoms with Gasteiger partial charge < -0.3 is 4.98 Å². The first-order chi connectivity index (χ1) is 10.3. The van der Waals surface area contributed by atoms with Crippen molar-refractivity contribution in [2.24, 2.45) is 5.10 Å². The number of para-hydroxylation sites is 2. The molecule has 0 amide bonds. The van der Waals surface area contributed by atoms with Crippen LogP contribution < -0.4 is 5.43 Å². The predicted octanol–water partition coefficient (Wildman–Crippen LogP) is 3.67. The molecule has 0 aliphatic rings. The molecular formula is C15H10BrN5. The molecule has 0 atom stereocenters. The maximum Gasteiger partial charge on any atom is 0.203 e. The molecule has 1 aromatic heterocycles. The number of hydrazone groups is 1. The number of anilines is 1. The molecule has 0 spiro atoms. The van der Waals surface area contributed by atoms with Crippen molar-refractivity contribution >= 4 is 38.4 Å². The smallest absolute Gasteiger partial charge is 0.203 e. The molecule has 0 unspecified atom stereocenters. The Hall–Kier alpha value is -2.65. The number of hydrogen-bond donors (Lipinski definition) is 2. The predicted molar refractivity (Wildman–Crippen MR) is 86.0 cm³/mol. The Morgan fingerprint density at radius 3 is 2.86 bits per heavy atom. The molecule has 0 fully saturated rings. The lowest BCUT2D eigenvalue weighted by Crippen LogP contribution is -2.03. The Morgan fingerprint density at radius 2 is 2.10 bits per heavy atom. The van der Waals surface area contributed by atoms with Crippen molar-refractivity contribution in [2.75, 3.05) is 5.43 Å². The molecule has 3 aromatic rings. The van der Waals surface area contributed by atoms with E-state index in [2.05, 4.69) is 36.4 Å². The number of aromatic nitrogens is 2. The summed E-state index contributed by atoms with van der Waals surface area (Å²) >= 11 is 3.38. The number of rotatable bonds is 3. The van der Waals surface area contributed by atoms with E-state index in [1.807, 2.05) is 54.6 Å². The van der Waals surface area contributed by atoms with Crippen LogP contribution >= 0.6 is 15.9 Å². The van der Waals surface area contributed by atoms with Crippen LogP contribution in [0.1, 0.15) is 5.82 Å². The van der Waals surface area contributed by atoms with Crippen LogP contribution in [0.25, 0.3) is 11.0 Å². The molecule has 21 heavy (non-hydrogen) atoms. The number of halogens is 1. The lowest BCUT2D eigenvalue weighted by atomic mass is 10.3. The van der Waals surface area contributed by atoms with E-state index in [0.29, 0.717) is 5.82 Å². The number of benzene rings is 2. The minimum absolute atomic E-state index is 0.200. The highest BCUT2D eigenvalue weighted by molar-refractivity contribution is 9.10. The van der Waals surface area contributed by atoms with Crippen LogP contribution in [0.2, 0.25) is 0 Å². The average Bonchev–Trinajstić information content (AvgIpc) is 2.91. The van der Waals surface area contributed by atoms with Crippen LogP contribution in [0.4, 0.5) is 5.69 Å². The minimum Gasteiger partial charge on any atom is -0.336 e. The van der Waals surface area contributed by atoms with E-state index in [1.165, 1.54) is 0 Å². The summed E-state index contributed by atoms with van der Waals surface area (Å²) in [5.41, 5.74) is 5.52. The van der Waals surface area contributed by atoms with Crippen LogP contribution in [-0.4, -0.2) is 15.7 Å². The molecule has 0 bridgehead atoms. The maximum atomic E-state index is 9.25. The first kappa shape index (κ1) is 13.3. The summed E-state index contributed by atoms with van der Waals surface area (Å²) < 4.78 is 0.935. The largest absolute Gasteiger partial charge is 0.336 e. The second kappa shape index (κ2) is 5.77. The highest BCUT2D eigenvalue weighted by Crippen LogP contribution is 2.16. The third-order valence-corrected chi connectivity index (χ3v) is 3.33. The summed E-state index contributed by atoms with van der Waals surface area (Å²) in [7, 11) is 0. The number of hydrogen-bond acceptors (Lipinski definition) is 4. The highest BCUT2D eigenvalue weighted by Gasteiger charge is 2.08.